The molecule has 3 N–H and O–H groups in total. The molecule has 0 radical (unpaired) electrons. The van der Waals surface area contributed by atoms with Gasteiger partial charge < -0.3 is 29.4 Å². The largest absolute Gasteiger partial charge is 0.458 e. The van der Waals surface area contributed by atoms with Crippen LogP contribution in [-0.4, -0.2) is 66.7 Å². The van der Waals surface area contributed by atoms with Crippen molar-refractivity contribution in [3.8, 4) is 0 Å². The molecule has 1 amide bonds. The Balaban J connectivity index is 5.81. The highest BCUT2D eigenvalue weighted by Gasteiger charge is 2.46. The summed E-state index contributed by atoms with van der Waals surface area (Å²) < 4.78 is 17.9. The lowest BCUT2D eigenvalue weighted by molar-refractivity contribution is -0.152. The number of esters is 1. The molecule has 0 aromatic carbocycles. The molecular weight excluding hydrogens is 550 g/mol. The van der Waals surface area contributed by atoms with E-state index in [-0.39, 0.29) is 17.1 Å². The molecule has 0 bridgehead atoms. The van der Waals surface area contributed by atoms with Gasteiger partial charge in [0.1, 0.15) is 17.8 Å². The summed E-state index contributed by atoms with van der Waals surface area (Å²) in [7, 11) is -2.11. The molecule has 0 fully saturated rings. The van der Waals surface area contributed by atoms with Gasteiger partial charge in [-0.2, -0.15) is 0 Å². The lowest BCUT2D eigenvalue weighted by Gasteiger charge is -2.46. The predicted molar refractivity (Wildman–Crippen MR) is 174 cm³/mol. The van der Waals surface area contributed by atoms with Crippen molar-refractivity contribution in [2.75, 3.05) is 0 Å². The Kier molecular flexibility index (Phi) is 15.0. The van der Waals surface area contributed by atoms with Crippen LogP contribution in [0.4, 0.5) is 4.79 Å². The van der Waals surface area contributed by atoms with Gasteiger partial charge in [-0.15, -0.1) is 0 Å². The van der Waals surface area contributed by atoms with Crippen molar-refractivity contribution in [2.24, 2.45) is 17.3 Å². The molecule has 0 aliphatic rings. The summed E-state index contributed by atoms with van der Waals surface area (Å²) in [5.74, 6) is -0.850. The fourth-order valence-electron chi connectivity index (χ4n) is 4.57. The molecule has 0 aliphatic heterocycles. The van der Waals surface area contributed by atoms with Crippen LogP contribution in [0.3, 0.4) is 0 Å². The van der Waals surface area contributed by atoms with Gasteiger partial charge in [0, 0.05) is 11.5 Å². The lowest BCUT2D eigenvalue weighted by Crippen LogP contribution is -2.53. The van der Waals surface area contributed by atoms with Crippen LogP contribution in [0.15, 0.2) is 11.1 Å². The zero-order valence-electron chi connectivity index (χ0n) is 29.9. The molecule has 0 aromatic heterocycles. The highest BCUT2D eigenvalue weighted by atomic mass is 28.4. The minimum atomic E-state index is -2.11. The first-order chi connectivity index (χ1) is 18.7. The van der Waals surface area contributed by atoms with Gasteiger partial charge in [0.15, 0.2) is 8.32 Å². The van der Waals surface area contributed by atoms with Crippen molar-refractivity contribution in [2.45, 2.75) is 171 Å². The number of aliphatic hydroxyl groups excluding tert-OH is 2. The minimum Gasteiger partial charge on any atom is -0.458 e. The molecule has 1 unspecified atom stereocenters. The Hall–Kier alpha value is -1.42. The van der Waals surface area contributed by atoms with E-state index in [9.17, 15) is 19.8 Å². The Morgan fingerprint density at radius 3 is 1.79 bits per heavy atom. The number of alkyl carbamates (subject to hydrolysis) is 1. The Morgan fingerprint density at radius 1 is 0.881 bits per heavy atom. The molecule has 248 valence electrons. The Morgan fingerprint density at radius 2 is 1.38 bits per heavy atom. The van der Waals surface area contributed by atoms with Crippen molar-refractivity contribution in [3.63, 3.8) is 0 Å². The van der Waals surface area contributed by atoms with Crippen molar-refractivity contribution in [1.29, 1.82) is 0 Å². The first-order valence-corrected chi connectivity index (χ1v) is 18.5. The van der Waals surface area contributed by atoms with Gasteiger partial charge in [-0.05, 0) is 96.5 Å². The van der Waals surface area contributed by atoms with Crippen LogP contribution in [0.25, 0.3) is 0 Å². The second-order valence-electron chi connectivity index (χ2n) is 15.6. The fourth-order valence-corrected chi connectivity index (χ4v) is 6.11. The maximum absolute atomic E-state index is 13.2. The predicted octanol–water partition coefficient (Wildman–Crippen LogP) is 7.38. The first-order valence-electron chi connectivity index (χ1n) is 15.6. The molecular formula is C33H65NO7Si. The summed E-state index contributed by atoms with van der Waals surface area (Å²) in [6.45, 7) is 33.3. The van der Waals surface area contributed by atoms with Gasteiger partial charge >= 0.3 is 12.1 Å². The van der Waals surface area contributed by atoms with Crippen LogP contribution in [0, 0.1) is 17.3 Å². The van der Waals surface area contributed by atoms with Crippen LogP contribution in [0.1, 0.15) is 117 Å². The summed E-state index contributed by atoms with van der Waals surface area (Å²) in [6.07, 6.45) is -2.45. The van der Waals surface area contributed by atoms with Crippen LogP contribution in [0.5, 0.6) is 0 Å². The number of carbonyl (C=O) groups is 2. The molecule has 0 aliphatic carbocycles. The van der Waals surface area contributed by atoms with Crippen LogP contribution in [0.2, 0.25) is 18.1 Å². The molecule has 9 heteroatoms. The van der Waals surface area contributed by atoms with Crippen LogP contribution < -0.4 is 5.32 Å². The number of hydrogen-bond donors (Lipinski definition) is 3. The first kappa shape index (κ1) is 40.6. The number of nitrogens with one attached hydrogen (secondary N) is 1. The van der Waals surface area contributed by atoms with E-state index in [1.165, 1.54) is 0 Å². The summed E-state index contributed by atoms with van der Waals surface area (Å²) in [5.41, 5.74) is -0.178. The molecule has 0 saturated carbocycles. The number of carbonyl (C=O) groups excluding carboxylic acids is 2. The van der Waals surface area contributed by atoms with Gasteiger partial charge in [0.25, 0.3) is 0 Å². The van der Waals surface area contributed by atoms with E-state index in [0.717, 1.165) is 0 Å². The quantitative estimate of drug-likeness (QED) is 0.106. The fraction of sp³-hybridized carbons (Fsp3) is 0.879. The number of hydrogen-bond acceptors (Lipinski definition) is 7. The van der Waals surface area contributed by atoms with E-state index in [2.05, 4.69) is 39.2 Å². The number of ether oxygens (including phenoxy) is 2. The average Bonchev–Trinajstić information content (AvgIpc) is 2.81. The van der Waals surface area contributed by atoms with E-state index in [1.54, 1.807) is 48.5 Å². The van der Waals surface area contributed by atoms with E-state index in [1.807, 2.05) is 34.6 Å². The number of aliphatic hydroxyl groups is 2. The molecule has 0 aromatic rings. The molecule has 0 heterocycles. The molecule has 0 rings (SSSR count). The number of amides is 1. The Bertz CT molecular complexity index is 914. The van der Waals surface area contributed by atoms with E-state index in [4.69, 9.17) is 13.9 Å². The van der Waals surface area contributed by atoms with Gasteiger partial charge in [-0.3, -0.25) is 4.79 Å². The zero-order chi connectivity index (χ0) is 33.6. The van der Waals surface area contributed by atoms with Crippen molar-refractivity contribution in [1.82, 2.24) is 5.32 Å². The van der Waals surface area contributed by atoms with Gasteiger partial charge in [0.05, 0.1) is 18.1 Å². The van der Waals surface area contributed by atoms with Crippen LogP contribution in [-0.2, 0) is 18.7 Å². The SMILES string of the molecule is CC[C@H](O[Si](C)(C)C(C)(C)C)C(C)(C)[C@@H](O)[C@@H](O)/C(C)=C(\C)[C@H](C)OC(=O)C(C)[C@H](CC(C)C)NC(=O)OC(C)(C)C. The second kappa shape index (κ2) is 15.5. The van der Waals surface area contributed by atoms with Crippen molar-refractivity contribution >= 4 is 20.4 Å². The summed E-state index contributed by atoms with van der Waals surface area (Å²) in [4.78, 5) is 25.7. The second-order valence-corrected chi connectivity index (χ2v) is 20.4. The van der Waals surface area contributed by atoms with Gasteiger partial charge in [-0.25, -0.2) is 4.79 Å². The molecule has 0 saturated heterocycles. The normalized spacial score (nSPS) is 18.4. The monoisotopic (exact) mass is 615 g/mol. The van der Waals surface area contributed by atoms with Gasteiger partial charge in [-0.1, -0.05) is 55.4 Å². The maximum atomic E-state index is 13.2. The third-order valence-corrected chi connectivity index (χ3v) is 13.4. The lowest BCUT2D eigenvalue weighted by atomic mass is 9.75. The van der Waals surface area contributed by atoms with E-state index >= 15 is 0 Å². The van der Waals surface area contributed by atoms with Crippen molar-refractivity contribution < 1.29 is 33.7 Å². The van der Waals surface area contributed by atoms with Crippen LogP contribution >= 0.6 is 0 Å². The summed E-state index contributed by atoms with van der Waals surface area (Å²) >= 11 is 0. The van der Waals surface area contributed by atoms with Crippen molar-refractivity contribution in [3.05, 3.63) is 11.1 Å². The highest BCUT2D eigenvalue weighted by molar-refractivity contribution is 6.74. The molecule has 6 atom stereocenters. The Labute approximate surface area is 258 Å². The summed E-state index contributed by atoms with van der Waals surface area (Å²) in [6, 6.07) is -0.468. The highest BCUT2D eigenvalue weighted by Crippen LogP contribution is 2.42. The standard InChI is InChI=1S/C33H65NO7Si/c1-18-26(41-42(16,17)32(11,12)13)33(14,15)28(36)27(35)22(5)21(4)24(7)39-29(37)23(6)25(19-20(2)3)34-30(38)40-31(8,9)10/h20,23-28,35-36H,18-19H2,1-17H3,(H,34,38)/b22-21+/t23?,24-,25-,26-,27-,28-/m0/s1. The smallest absolute Gasteiger partial charge is 0.407 e. The maximum Gasteiger partial charge on any atom is 0.407 e. The molecule has 8 nitrogen and oxygen atoms in total. The minimum absolute atomic E-state index is 0.0134. The van der Waals surface area contributed by atoms with E-state index in [0.29, 0.717) is 24.0 Å². The van der Waals surface area contributed by atoms with E-state index < -0.39 is 61.7 Å². The molecule has 0 spiro atoms. The summed E-state index contributed by atoms with van der Waals surface area (Å²) in [5, 5.41) is 25.6. The average molecular weight is 616 g/mol. The third-order valence-electron chi connectivity index (χ3n) is 8.88. The zero-order valence-corrected chi connectivity index (χ0v) is 30.9. The topological polar surface area (TPSA) is 114 Å². The number of rotatable bonds is 14. The van der Waals surface area contributed by atoms with Gasteiger partial charge in [0.2, 0.25) is 0 Å². The third kappa shape index (κ3) is 11.9. The molecule has 42 heavy (non-hydrogen) atoms.